The summed E-state index contributed by atoms with van der Waals surface area (Å²) < 4.78 is 0. The van der Waals surface area contributed by atoms with Gasteiger partial charge < -0.3 is 0 Å². The van der Waals surface area contributed by atoms with Crippen LogP contribution in [0.15, 0.2) is 12.2 Å². The fraction of sp³-hybridized carbons (Fsp3) is 0.938. The Bertz CT molecular complexity index is 342. The lowest BCUT2D eigenvalue weighted by Gasteiger charge is -2.05. The van der Waals surface area contributed by atoms with E-state index >= 15 is 0 Å². The molecule has 0 bridgehead atoms. The van der Waals surface area contributed by atoms with E-state index in [1.54, 1.807) is 0 Å². The molecule has 32 heavy (non-hydrogen) atoms. The maximum atomic E-state index is 4.11. The van der Waals surface area contributed by atoms with Gasteiger partial charge in [-0.25, -0.2) is 0 Å². The Morgan fingerprint density at radius 2 is 0.562 bits per heavy atom. The van der Waals surface area contributed by atoms with Crippen LogP contribution in [0, 0.1) is 0 Å². The Hall–Kier alpha value is -0.260. The van der Waals surface area contributed by atoms with Crippen LogP contribution in [0.1, 0.15) is 194 Å². The third-order valence-electron chi connectivity index (χ3n) is 7.38. The van der Waals surface area contributed by atoms with Crippen molar-refractivity contribution in [1.82, 2.24) is 0 Å². The molecule has 0 unspecified atom stereocenters. The van der Waals surface area contributed by atoms with Crippen LogP contribution >= 0.6 is 0 Å². The van der Waals surface area contributed by atoms with E-state index in [0.29, 0.717) is 0 Å². The molecule has 0 heterocycles. The summed E-state index contributed by atoms with van der Waals surface area (Å²) in [5, 5.41) is 0. The Labute approximate surface area is 205 Å². The molecule has 0 aliphatic heterocycles. The third-order valence-corrected chi connectivity index (χ3v) is 7.38. The van der Waals surface area contributed by atoms with E-state index < -0.39 is 0 Å². The summed E-state index contributed by atoms with van der Waals surface area (Å²) in [5.74, 6) is 0. The first kappa shape index (κ1) is 31.7. The fourth-order valence-electron chi connectivity index (χ4n) is 4.87. The molecule has 0 fully saturated rings. The zero-order valence-corrected chi connectivity index (χ0v) is 23.0. The largest absolute Gasteiger partial charge is 0.0999 e. The molecule has 0 radical (unpaired) electrons. The minimum Gasteiger partial charge on any atom is -0.0999 e. The zero-order valence-electron chi connectivity index (χ0n) is 23.0. The second kappa shape index (κ2) is 28.8. The summed E-state index contributed by atoms with van der Waals surface area (Å²) >= 11 is 0. The van der Waals surface area contributed by atoms with Gasteiger partial charge in [0.05, 0.1) is 0 Å². The van der Waals surface area contributed by atoms with E-state index in [0.717, 1.165) is 0 Å². The summed E-state index contributed by atoms with van der Waals surface area (Å²) in [7, 11) is 0. The van der Waals surface area contributed by atoms with Crippen LogP contribution in [0.5, 0.6) is 0 Å². The van der Waals surface area contributed by atoms with Crippen molar-refractivity contribution in [3.63, 3.8) is 0 Å². The van der Waals surface area contributed by atoms with Crippen molar-refractivity contribution < 1.29 is 0 Å². The van der Waals surface area contributed by atoms with Crippen LogP contribution in [-0.2, 0) is 0 Å². The molecule has 0 aromatic rings. The van der Waals surface area contributed by atoms with Gasteiger partial charge in [-0.3, -0.25) is 0 Å². The first-order chi connectivity index (χ1) is 15.8. The first-order valence-corrected chi connectivity index (χ1v) is 15.5. The molecule has 0 nitrogen and oxygen atoms in total. The van der Waals surface area contributed by atoms with Gasteiger partial charge in [-0.15, -0.1) is 0 Å². The smallest absolute Gasteiger partial charge is 0.0323 e. The first-order valence-electron chi connectivity index (χ1n) is 15.5. The highest BCUT2D eigenvalue weighted by Crippen LogP contribution is 2.16. The van der Waals surface area contributed by atoms with Crippen LogP contribution in [0.2, 0.25) is 0 Å². The average Bonchev–Trinajstić information content (AvgIpc) is 2.81. The van der Waals surface area contributed by atoms with E-state index in [-0.39, 0.29) is 0 Å². The molecule has 0 aromatic heterocycles. The minimum absolute atomic E-state index is 1.17. The van der Waals surface area contributed by atoms with E-state index in [2.05, 4.69) is 20.4 Å². The quantitative estimate of drug-likeness (QED) is 0.0824. The van der Waals surface area contributed by atoms with Crippen molar-refractivity contribution in [2.45, 2.75) is 194 Å². The predicted molar refractivity (Wildman–Crippen MR) is 150 cm³/mol. The maximum absolute atomic E-state index is 4.11. The van der Waals surface area contributed by atoms with E-state index in [4.69, 9.17) is 0 Å². The van der Waals surface area contributed by atoms with Gasteiger partial charge in [0.1, 0.15) is 0 Å². The molecule has 0 amide bonds. The Morgan fingerprint density at radius 3 is 0.781 bits per heavy atom. The van der Waals surface area contributed by atoms with Crippen molar-refractivity contribution in [3.8, 4) is 0 Å². The van der Waals surface area contributed by atoms with E-state index in [1.165, 1.54) is 185 Å². The molecule has 0 aliphatic carbocycles. The highest BCUT2D eigenvalue weighted by atomic mass is 14.0. The van der Waals surface area contributed by atoms with Crippen LogP contribution in [0.3, 0.4) is 0 Å². The van der Waals surface area contributed by atoms with Gasteiger partial charge in [0, 0.05) is 0 Å². The van der Waals surface area contributed by atoms with Crippen molar-refractivity contribution in [3.05, 3.63) is 12.2 Å². The molecular formula is C32H64. The molecule has 0 heteroatoms. The summed E-state index contributed by atoms with van der Waals surface area (Å²) in [6.45, 7) is 8.63. The lowest BCUT2D eigenvalue weighted by Crippen LogP contribution is -1.85. The molecule has 0 aromatic carbocycles. The summed E-state index contributed by atoms with van der Waals surface area (Å²) in [5.41, 5.74) is 1.44. The van der Waals surface area contributed by atoms with Gasteiger partial charge in [-0.05, 0) is 19.3 Å². The third kappa shape index (κ3) is 27.8. The molecule has 0 N–H and O–H groups in total. The molecule has 0 saturated heterocycles. The zero-order chi connectivity index (χ0) is 23.4. The highest BCUT2D eigenvalue weighted by molar-refractivity contribution is 4.91. The topological polar surface area (TPSA) is 0 Å². The summed E-state index contributed by atoms with van der Waals surface area (Å²) in [6.07, 6.45) is 40.6. The molecule has 192 valence electrons. The Balaban J connectivity index is 3.02. The van der Waals surface area contributed by atoms with Crippen molar-refractivity contribution >= 4 is 0 Å². The fourth-order valence-corrected chi connectivity index (χ4v) is 4.87. The number of allylic oxidation sites excluding steroid dienone is 1. The van der Waals surface area contributed by atoms with Crippen molar-refractivity contribution in [2.24, 2.45) is 0 Å². The monoisotopic (exact) mass is 449 g/mol. The van der Waals surface area contributed by atoms with Gasteiger partial charge in [0.2, 0.25) is 0 Å². The van der Waals surface area contributed by atoms with Crippen molar-refractivity contribution in [1.29, 1.82) is 0 Å². The highest BCUT2D eigenvalue weighted by Gasteiger charge is 1.97. The van der Waals surface area contributed by atoms with Gasteiger partial charge in [-0.2, -0.15) is 0 Å². The van der Waals surface area contributed by atoms with Gasteiger partial charge in [0.25, 0.3) is 0 Å². The van der Waals surface area contributed by atoms with Crippen LogP contribution < -0.4 is 0 Å². The van der Waals surface area contributed by atoms with Crippen molar-refractivity contribution in [2.75, 3.05) is 0 Å². The molecule has 0 aliphatic rings. The molecular weight excluding hydrogens is 384 g/mol. The SMILES string of the molecule is C=C(CC)CCCCCCCCCCCCCCCCCCCCCCCCCCCC. The van der Waals surface area contributed by atoms with E-state index in [9.17, 15) is 0 Å². The number of rotatable bonds is 28. The number of hydrogen-bond acceptors (Lipinski definition) is 0. The van der Waals surface area contributed by atoms with E-state index in [1.807, 2.05) is 0 Å². The average molecular weight is 449 g/mol. The summed E-state index contributed by atoms with van der Waals surface area (Å²) in [6, 6.07) is 0. The lowest BCUT2D eigenvalue weighted by molar-refractivity contribution is 0.515. The standard InChI is InChI=1S/C32H64/c1-4-6-7-8-9-10-11-12-13-14-15-16-17-18-19-20-21-22-23-24-25-26-27-28-29-30-31-32(3)5-2/h3-31H2,1-2H3. The normalized spacial score (nSPS) is 11.3. The second-order valence-corrected chi connectivity index (χ2v) is 10.7. The Morgan fingerprint density at radius 1 is 0.344 bits per heavy atom. The van der Waals surface area contributed by atoms with Crippen LogP contribution in [0.25, 0.3) is 0 Å². The predicted octanol–water partition coefficient (Wildman–Crippen LogP) is 12.5. The summed E-state index contributed by atoms with van der Waals surface area (Å²) in [4.78, 5) is 0. The lowest BCUT2D eigenvalue weighted by atomic mass is 10.0. The van der Waals surface area contributed by atoms with Crippen LogP contribution in [-0.4, -0.2) is 0 Å². The van der Waals surface area contributed by atoms with Gasteiger partial charge in [0.15, 0.2) is 0 Å². The van der Waals surface area contributed by atoms with Crippen LogP contribution in [0.4, 0.5) is 0 Å². The minimum atomic E-state index is 1.17. The Kier molecular flexibility index (Phi) is 28.5. The molecule has 0 rings (SSSR count). The maximum Gasteiger partial charge on any atom is -0.0323 e. The number of hydrogen-bond donors (Lipinski definition) is 0. The van der Waals surface area contributed by atoms with Gasteiger partial charge >= 0.3 is 0 Å². The molecule has 0 saturated carbocycles. The molecule has 0 spiro atoms. The number of unbranched alkanes of at least 4 members (excludes halogenated alkanes) is 25. The van der Waals surface area contributed by atoms with Gasteiger partial charge in [-0.1, -0.05) is 187 Å². The second-order valence-electron chi connectivity index (χ2n) is 10.7. The molecule has 0 atom stereocenters.